The monoisotopic (exact) mass is 247 g/mol. The lowest BCUT2D eigenvalue weighted by Gasteiger charge is -2.02. The number of nitrogens with zero attached hydrogens (tertiary/aromatic N) is 2. The first-order valence-corrected chi connectivity index (χ1v) is 5.55. The summed E-state index contributed by atoms with van der Waals surface area (Å²) in [5.41, 5.74) is 3.19. The van der Waals surface area contributed by atoms with Gasteiger partial charge in [-0.2, -0.15) is 0 Å². The van der Waals surface area contributed by atoms with E-state index in [0.29, 0.717) is 5.15 Å². The molecule has 0 aliphatic carbocycles. The van der Waals surface area contributed by atoms with Crippen molar-refractivity contribution in [3.05, 3.63) is 41.3 Å². The molecule has 0 saturated carbocycles. The molecule has 0 radical (unpaired) electrons. The molecule has 0 aliphatic rings. The summed E-state index contributed by atoms with van der Waals surface area (Å²) in [7, 11) is 1.91. The largest absolute Gasteiger partial charge is 0.322 e. The Bertz CT molecular complexity index is 592. The molecular formula is C12H12ClN4+. The molecule has 4 nitrogen and oxygen atoms in total. The smallest absolute Gasteiger partial charge is 0.129 e. The zero-order valence-corrected chi connectivity index (χ0v) is 10.1. The van der Waals surface area contributed by atoms with Crippen molar-refractivity contribution in [3.8, 4) is 0 Å². The highest BCUT2D eigenvalue weighted by molar-refractivity contribution is 6.29. The average molecular weight is 248 g/mol. The Kier molecular flexibility index (Phi) is 3.46. The van der Waals surface area contributed by atoms with Crippen molar-refractivity contribution in [1.29, 1.82) is 5.41 Å². The molecule has 0 aliphatic heterocycles. The molecule has 2 aromatic rings. The maximum Gasteiger partial charge on any atom is 0.129 e. The first kappa shape index (κ1) is 11.7. The number of hydrogen-bond acceptors (Lipinski definition) is 3. The summed E-state index contributed by atoms with van der Waals surface area (Å²) in [4.78, 5) is 8.50. The second-order valence-electron chi connectivity index (χ2n) is 3.50. The van der Waals surface area contributed by atoms with Crippen molar-refractivity contribution in [2.45, 2.75) is 0 Å². The minimum Gasteiger partial charge on any atom is -0.322 e. The number of aromatic nitrogens is 2. The van der Waals surface area contributed by atoms with Gasteiger partial charge in [0.1, 0.15) is 11.4 Å². The molecule has 2 heterocycles. The minimum atomic E-state index is 0.443. The van der Waals surface area contributed by atoms with E-state index in [4.69, 9.17) is 17.0 Å². The van der Waals surface area contributed by atoms with Gasteiger partial charge in [0.05, 0.1) is 23.7 Å². The number of nitrogens with two attached hydrogens (primary N) is 1. The molecule has 0 atom stereocenters. The van der Waals surface area contributed by atoms with Gasteiger partial charge in [-0.15, -0.1) is 0 Å². The van der Waals surface area contributed by atoms with Crippen LogP contribution in [0.1, 0.15) is 5.56 Å². The SMILES string of the molecule is C[NH2+]C=C(C=N)c1cnc2ccc(Cl)nc2c1. The van der Waals surface area contributed by atoms with Crippen LogP contribution < -0.4 is 5.32 Å². The summed E-state index contributed by atoms with van der Waals surface area (Å²) < 4.78 is 0. The molecular weight excluding hydrogens is 236 g/mol. The van der Waals surface area contributed by atoms with E-state index in [1.54, 1.807) is 12.3 Å². The number of halogens is 1. The Balaban J connectivity index is 2.57. The van der Waals surface area contributed by atoms with Crippen LogP contribution in [0.15, 0.2) is 30.6 Å². The van der Waals surface area contributed by atoms with E-state index < -0.39 is 0 Å². The van der Waals surface area contributed by atoms with E-state index in [1.165, 1.54) is 6.21 Å². The molecule has 0 amide bonds. The highest BCUT2D eigenvalue weighted by Crippen LogP contribution is 2.17. The van der Waals surface area contributed by atoms with Crippen LogP contribution in [0.5, 0.6) is 0 Å². The molecule has 0 spiro atoms. The molecule has 17 heavy (non-hydrogen) atoms. The molecule has 0 bridgehead atoms. The third-order valence-corrected chi connectivity index (χ3v) is 2.55. The number of nitrogens with one attached hydrogen (secondary N) is 1. The van der Waals surface area contributed by atoms with Gasteiger partial charge in [0.25, 0.3) is 0 Å². The maximum absolute atomic E-state index is 7.36. The van der Waals surface area contributed by atoms with Crippen LogP contribution in [0.25, 0.3) is 16.6 Å². The van der Waals surface area contributed by atoms with Gasteiger partial charge in [-0.3, -0.25) is 4.98 Å². The number of quaternary nitrogens is 1. The van der Waals surface area contributed by atoms with Crippen LogP contribution in [-0.4, -0.2) is 23.2 Å². The van der Waals surface area contributed by atoms with Crippen LogP contribution >= 0.6 is 11.6 Å². The van der Waals surface area contributed by atoms with Gasteiger partial charge in [0.2, 0.25) is 0 Å². The normalized spacial score (nSPS) is 11.8. The van der Waals surface area contributed by atoms with Crippen LogP contribution in [0.3, 0.4) is 0 Å². The van der Waals surface area contributed by atoms with Crippen LogP contribution in [0, 0.1) is 5.41 Å². The molecule has 86 valence electrons. The van der Waals surface area contributed by atoms with E-state index in [0.717, 1.165) is 22.2 Å². The lowest BCUT2D eigenvalue weighted by atomic mass is 10.1. The molecule has 5 heteroatoms. The Labute approximate surface area is 104 Å². The van der Waals surface area contributed by atoms with Crippen LogP contribution in [0.2, 0.25) is 5.15 Å². The second kappa shape index (κ2) is 5.03. The van der Waals surface area contributed by atoms with Gasteiger partial charge < -0.3 is 10.7 Å². The number of allylic oxidation sites excluding steroid dienone is 1. The highest BCUT2D eigenvalue weighted by Gasteiger charge is 2.04. The quantitative estimate of drug-likeness (QED) is 0.637. The Morgan fingerprint density at radius 3 is 2.94 bits per heavy atom. The summed E-state index contributed by atoms with van der Waals surface area (Å²) in [6, 6.07) is 5.42. The zero-order chi connectivity index (χ0) is 12.3. The van der Waals surface area contributed by atoms with Gasteiger partial charge in [-0.1, -0.05) is 11.6 Å². The van der Waals surface area contributed by atoms with Gasteiger partial charge in [-0.05, 0) is 18.2 Å². The van der Waals surface area contributed by atoms with Crippen LogP contribution in [0.4, 0.5) is 0 Å². The predicted octanol–water partition coefficient (Wildman–Crippen LogP) is 1.47. The predicted molar refractivity (Wildman–Crippen MR) is 69.2 cm³/mol. The zero-order valence-electron chi connectivity index (χ0n) is 9.31. The third-order valence-electron chi connectivity index (χ3n) is 2.34. The fourth-order valence-electron chi connectivity index (χ4n) is 1.55. The third kappa shape index (κ3) is 2.49. The van der Waals surface area contributed by atoms with E-state index in [9.17, 15) is 0 Å². The van der Waals surface area contributed by atoms with Gasteiger partial charge in [0, 0.05) is 18.0 Å². The minimum absolute atomic E-state index is 0.443. The molecule has 0 saturated heterocycles. The van der Waals surface area contributed by atoms with E-state index in [1.807, 2.05) is 30.7 Å². The Morgan fingerprint density at radius 1 is 1.41 bits per heavy atom. The van der Waals surface area contributed by atoms with Gasteiger partial charge in [-0.25, -0.2) is 4.98 Å². The van der Waals surface area contributed by atoms with Gasteiger partial charge in [0.15, 0.2) is 0 Å². The summed E-state index contributed by atoms with van der Waals surface area (Å²) in [5.74, 6) is 0. The lowest BCUT2D eigenvalue weighted by molar-refractivity contribution is -0.555. The van der Waals surface area contributed by atoms with Crippen molar-refractivity contribution >= 4 is 34.4 Å². The van der Waals surface area contributed by atoms with E-state index in [-0.39, 0.29) is 0 Å². The molecule has 0 aromatic carbocycles. The number of pyridine rings is 2. The van der Waals surface area contributed by atoms with E-state index in [2.05, 4.69) is 9.97 Å². The maximum atomic E-state index is 7.36. The van der Waals surface area contributed by atoms with Crippen molar-refractivity contribution in [2.75, 3.05) is 7.05 Å². The summed E-state index contributed by atoms with van der Waals surface area (Å²) in [6.07, 6.45) is 4.89. The standard InChI is InChI=1S/C12H11ClN4/c1-15-6-9(5-14)8-4-11-10(16-7-8)2-3-12(13)17-11/h2-7,14-15H,1H3/p+1. The first-order valence-electron chi connectivity index (χ1n) is 5.17. The molecule has 0 fully saturated rings. The van der Waals surface area contributed by atoms with Gasteiger partial charge >= 0.3 is 0 Å². The lowest BCUT2D eigenvalue weighted by Crippen LogP contribution is -2.72. The average Bonchev–Trinajstić information content (AvgIpc) is 2.35. The number of rotatable bonds is 3. The van der Waals surface area contributed by atoms with Crippen LogP contribution in [-0.2, 0) is 0 Å². The second-order valence-corrected chi connectivity index (χ2v) is 3.88. The number of fused-ring (bicyclic) bond motifs is 1. The Morgan fingerprint density at radius 2 is 2.24 bits per heavy atom. The van der Waals surface area contributed by atoms with Crippen molar-refractivity contribution < 1.29 is 5.32 Å². The van der Waals surface area contributed by atoms with Crippen molar-refractivity contribution in [3.63, 3.8) is 0 Å². The summed E-state index contributed by atoms with van der Waals surface area (Å²) in [6.45, 7) is 0. The molecule has 3 N–H and O–H groups in total. The topological polar surface area (TPSA) is 66.2 Å². The van der Waals surface area contributed by atoms with Crippen molar-refractivity contribution in [2.24, 2.45) is 0 Å². The summed E-state index contributed by atoms with van der Waals surface area (Å²) in [5, 5.41) is 9.69. The van der Waals surface area contributed by atoms with E-state index >= 15 is 0 Å². The molecule has 0 unspecified atom stereocenters. The first-order chi connectivity index (χ1) is 8.24. The Hall–Kier alpha value is -1.78. The fourth-order valence-corrected chi connectivity index (χ4v) is 1.70. The van der Waals surface area contributed by atoms with Crippen molar-refractivity contribution in [1.82, 2.24) is 9.97 Å². The molecule has 2 rings (SSSR count). The highest BCUT2D eigenvalue weighted by atomic mass is 35.5. The fraction of sp³-hybridized carbons (Fsp3) is 0.0833. The summed E-state index contributed by atoms with van der Waals surface area (Å²) >= 11 is 5.84. The molecule has 2 aromatic heterocycles. The number of hydrogen-bond donors (Lipinski definition) is 2.